The van der Waals surface area contributed by atoms with E-state index in [9.17, 15) is 9.50 Å². The van der Waals surface area contributed by atoms with Crippen LogP contribution in [0.5, 0.6) is 5.75 Å². The number of aromatic nitrogens is 2. The van der Waals surface area contributed by atoms with Crippen molar-refractivity contribution < 1.29 is 23.9 Å². The number of fused-ring (bicyclic) bond motifs is 1. The van der Waals surface area contributed by atoms with Crippen LogP contribution in [0.25, 0.3) is 10.9 Å². The fourth-order valence-electron chi connectivity index (χ4n) is 3.74. The Balaban J connectivity index is 1.56. The fraction of sp³-hybridized carbons (Fsp3) is 0.348. The van der Waals surface area contributed by atoms with E-state index in [1.54, 1.807) is 12.1 Å². The Labute approximate surface area is 191 Å². The quantitative estimate of drug-likeness (QED) is 0.398. The summed E-state index contributed by atoms with van der Waals surface area (Å²) in [6.45, 7) is 4.71. The Hall–Kier alpha value is -2.36. The molecule has 0 amide bonds. The lowest BCUT2D eigenvalue weighted by molar-refractivity contribution is -0.706. The molecule has 2 heterocycles. The first-order valence-electron chi connectivity index (χ1n) is 10.5. The van der Waals surface area contributed by atoms with Gasteiger partial charge in [0.2, 0.25) is 5.82 Å². The van der Waals surface area contributed by atoms with Crippen molar-refractivity contribution in [2.24, 2.45) is 0 Å². The Morgan fingerprint density at radius 3 is 2.78 bits per heavy atom. The highest BCUT2D eigenvalue weighted by molar-refractivity contribution is 6.30. The Kier molecular flexibility index (Phi) is 7.49. The molecule has 1 atom stereocenters. The molecule has 2 aromatic carbocycles. The molecule has 1 unspecified atom stereocenters. The van der Waals surface area contributed by atoms with Crippen molar-refractivity contribution in [3.63, 3.8) is 0 Å². The molecule has 2 N–H and O–H groups in total. The number of nitrogens with zero attached hydrogens (tertiary/aromatic N) is 3. The molecule has 1 fully saturated rings. The maximum Gasteiger partial charge on any atom is 0.215 e. The summed E-state index contributed by atoms with van der Waals surface area (Å²) in [6.07, 6.45) is 2.31. The predicted molar refractivity (Wildman–Crippen MR) is 120 cm³/mol. The zero-order valence-electron chi connectivity index (χ0n) is 17.7. The van der Waals surface area contributed by atoms with Crippen molar-refractivity contribution in [2.75, 3.05) is 39.5 Å². The Morgan fingerprint density at radius 2 is 2.03 bits per heavy atom. The highest BCUT2D eigenvalue weighted by Gasteiger charge is 2.17. The van der Waals surface area contributed by atoms with Crippen molar-refractivity contribution in [1.82, 2.24) is 14.9 Å². The van der Waals surface area contributed by atoms with E-state index in [1.165, 1.54) is 18.5 Å². The standard InChI is InChI=1S/C23H26ClFN4O3/c1-28(17-3-4-20(25)19(24)12-17)23-18-13-22(16(14-30)11-21(18)26-15-27-23)32-8-2-5-29-6-9-31-10-7-29/h3-4,11-13,15,28,30H,1-2,5-10,14H2. The first-order chi connectivity index (χ1) is 15.6. The van der Waals surface area contributed by atoms with E-state index in [2.05, 4.69) is 21.9 Å². The van der Waals surface area contributed by atoms with E-state index >= 15 is 0 Å². The van der Waals surface area contributed by atoms with Crippen molar-refractivity contribution in [3.8, 4) is 5.75 Å². The van der Waals surface area contributed by atoms with Crippen LogP contribution in [0.2, 0.25) is 5.02 Å². The summed E-state index contributed by atoms with van der Waals surface area (Å²) < 4.78 is 25.0. The van der Waals surface area contributed by atoms with E-state index < -0.39 is 5.82 Å². The van der Waals surface area contributed by atoms with E-state index in [-0.39, 0.29) is 11.6 Å². The van der Waals surface area contributed by atoms with Gasteiger partial charge in [0.25, 0.3) is 0 Å². The van der Waals surface area contributed by atoms with Crippen LogP contribution in [-0.4, -0.2) is 59.4 Å². The monoisotopic (exact) mass is 460 g/mol. The molecule has 0 aliphatic carbocycles. The second-order valence-corrected chi connectivity index (χ2v) is 8.03. The molecule has 3 aromatic rings. The third-order valence-corrected chi connectivity index (χ3v) is 5.81. The topological polar surface area (TPSA) is 72.2 Å². The van der Waals surface area contributed by atoms with Crippen LogP contribution in [0.15, 0.2) is 36.7 Å². The molecule has 1 aliphatic rings. The molecule has 0 saturated carbocycles. The molecular weight excluding hydrogens is 435 g/mol. The Morgan fingerprint density at radius 1 is 1.22 bits per heavy atom. The number of hydrogen-bond donors (Lipinski definition) is 2. The van der Waals surface area contributed by atoms with Gasteiger partial charge in [-0.2, -0.15) is 4.98 Å². The van der Waals surface area contributed by atoms with Crippen LogP contribution in [0.3, 0.4) is 0 Å². The number of rotatable bonds is 8. The number of aliphatic hydroxyl groups is 1. The highest BCUT2D eigenvalue weighted by Crippen LogP contribution is 2.28. The summed E-state index contributed by atoms with van der Waals surface area (Å²) in [5.74, 6) is 0.694. The van der Waals surface area contributed by atoms with Gasteiger partial charge < -0.3 is 19.5 Å². The first-order valence-corrected chi connectivity index (χ1v) is 10.9. The third-order valence-electron chi connectivity index (χ3n) is 5.52. The van der Waals surface area contributed by atoms with Gasteiger partial charge in [-0.25, -0.2) is 9.37 Å². The van der Waals surface area contributed by atoms with Crippen LogP contribution in [0.4, 0.5) is 15.9 Å². The van der Waals surface area contributed by atoms with E-state index in [0.717, 1.165) is 44.7 Å². The number of hydrogen-bond acceptors (Lipinski definition) is 6. The van der Waals surface area contributed by atoms with Crippen molar-refractivity contribution in [2.45, 2.75) is 13.0 Å². The van der Waals surface area contributed by atoms with Gasteiger partial charge in [0.15, 0.2) is 0 Å². The van der Waals surface area contributed by atoms with Gasteiger partial charge in [-0.1, -0.05) is 11.6 Å². The summed E-state index contributed by atoms with van der Waals surface area (Å²) in [6, 6.07) is 8.07. The molecule has 1 saturated heterocycles. The summed E-state index contributed by atoms with van der Waals surface area (Å²) >= 11 is 5.95. The smallest absolute Gasteiger partial charge is 0.215 e. The molecule has 1 aliphatic heterocycles. The van der Waals surface area contributed by atoms with Crippen molar-refractivity contribution >= 4 is 34.0 Å². The fourth-order valence-corrected chi connectivity index (χ4v) is 3.92. The molecule has 0 spiro atoms. The van der Waals surface area contributed by atoms with Gasteiger partial charge >= 0.3 is 0 Å². The van der Waals surface area contributed by atoms with Crippen molar-refractivity contribution in [3.05, 3.63) is 60.1 Å². The predicted octanol–water partition coefficient (Wildman–Crippen LogP) is 2.66. The van der Waals surface area contributed by atoms with Gasteiger partial charge in [-0.05, 0) is 24.6 Å². The normalized spacial score (nSPS) is 15.8. The summed E-state index contributed by atoms with van der Waals surface area (Å²) in [5.41, 5.74) is 1.98. The maximum absolute atomic E-state index is 13.6. The minimum atomic E-state index is -0.490. The largest absolute Gasteiger partial charge is 0.493 e. The highest BCUT2D eigenvalue weighted by atomic mass is 35.5. The van der Waals surface area contributed by atoms with Gasteiger partial charge in [0, 0.05) is 37.3 Å². The average Bonchev–Trinajstić information content (AvgIpc) is 2.83. The number of morpholine rings is 1. The van der Waals surface area contributed by atoms with Gasteiger partial charge in [-0.15, -0.1) is 7.05 Å². The number of benzene rings is 2. The second kappa shape index (κ2) is 10.5. The van der Waals surface area contributed by atoms with Crippen molar-refractivity contribution in [1.29, 1.82) is 0 Å². The van der Waals surface area contributed by atoms with Crippen LogP contribution in [0, 0.1) is 12.9 Å². The summed E-state index contributed by atoms with van der Waals surface area (Å²) in [5, 5.41) is 10.6. The van der Waals surface area contributed by atoms with Crippen LogP contribution in [-0.2, 0) is 11.3 Å². The molecule has 32 heavy (non-hydrogen) atoms. The molecule has 0 radical (unpaired) electrons. The van der Waals surface area contributed by atoms with Gasteiger partial charge in [0.1, 0.15) is 23.6 Å². The van der Waals surface area contributed by atoms with Gasteiger partial charge in [0.05, 0.1) is 42.4 Å². The summed E-state index contributed by atoms with van der Waals surface area (Å²) in [7, 11) is 4.14. The lowest BCUT2D eigenvalue weighted by atomic mass is 10.1. The minimum Gasteiger partial charge on any atom is -0.493 e. The molecule has 7 nitrogen and oxygen atoms in total. The lowest BCUT2D eigenvalue weighted by Gasteiger charge is -2.26. The Bertz CT molecular complexity index is 1080. The van der Waals surface area contributed by atoms with Crippen LogP contribution in [0.1, 0.15) is 12.0 Å². The zero-order valence-corrected chi connectivity index (χ0v) is 18.4. The molecule has 4 rings (SSSR count). The van der Waals surface area contributed by atoms with Gasteiger partial charge in [-0.3, -0.25) is 4.90 Å². The molecule has 1 aromatic heterocycles. The third kappa shape index (κ3) is 5.16. The molecular formula is C23H26ClFN4O3. The molecule has 0 bridgehead atoms. The van der Waals surface area contributed by atoms with E-state index in [0.29, 0.717) is 39.8 Å². The number of halogens is 2. The van der Waals surface area contributed by atoms with E-state index in [4.69, 9.17) is 21.1 Å². The molecule has 170 valence electrons. The first kappa shape index (κ1) is 22.8. The van der Waals surface area contributed by atoms with E-state index in [1.807, 2.05) is 6.07 Å². The number of ether oxygens (including phenoxy) is 2. The maximum atomic E-state index is 13.6. The minimum absolute atomic E-state index is 0.0221. The number of aliphatic hydroxyl groups excluding tert-OH is 1. The zero-order chi connectivity index (χ0) is 22.5. The number of nitrogens with one attached hydrogen (secondary N) is 1. The molecule has 9 heteroatoms. The van der Waals surface area contributed by atoms with Crippen LogP contribution < -0.4 is 9.64 Å². The second-order valence-electron chi connectivity index (χ2n) is 7.62. The summed E-state index contributed by atoms with van der Waals surface area (Å²) in [4.78, 5) is 11.7. The SMILES string of the molecule is [CH2-][NH+](c1ccc(F)c(Cl)c1)c1ncnc2cc(CO)c(OCCCN3CCOCC3)cc12. The average molecular weight is 461 g/mol. The van der Waals surface area contributed by atoms with Crippen LogP contribution >= 0.6 is 11.6 Å². The lowest BCUT2D eigenvalue weighted by Crippen LogP contribution is -2.96. The number of quaternary nitrogens is 1.